The summed E-state index contributed by atoms with van der Waals surface area (Å²) < 4.78 is 19.8. The average Bonchev–Trinajstić information content (AvgIpc) is 2.64. The van der Waals surface area contributed by atoms with Crippen molar-refractivity contribution in [1.29, 1.82) is 0 Å². The lowest BCUT2D eigenvalue weighted by Gasteiger charge is -2.35. The monoisotopic (exact) mass is 388 g/mol. The molecule has 1 N–H and O–H groups in total. The Kier molecular flexibility index (Phi) is 5.46. The lowest BCUT2D eigenvalue weighted by Crippen LogP contribution is -2.46. The maximum Gasteiger partial charge on any atom is 0.338 e. The molecule has 0 aliphatic carbocycles. The number of urea groups is 1. The van der Waals surface area contributed by atoms with Crippen LogP contribution in [-0.4, -0.2) is 30.6 Å². The van der Waals surface area contributed by atoms with Gasteiger partial charge in [-0.3, -0.25) is 4.90 Å². The molecule has 0 saturated carbocycles. The van der Waals surface area contributed by atoms with Gasteiger partial charge in [0.1, 0.15) is 5.82 Å². The third-order valence-electron chi connectivity index (χ3n) is 4.28. The van der Waals surface area contributed by atoms with E-state index in [2.05, 4.69) is 5.32 Å². The average molecular weight is 389 g/mol. The summed E-state index contributed by atoms with van der Waals surface area (Å²) in [4.78, 5) is 26.7. The minimum absolute atomic E-state index is 0.0251. The molecule has 5 nitrogen and oxygen atoms in total. The van der Waals surface area contributed by atoms with Gasteiger partial charge in [-0.05, 0) is 24.6 Å². The van der Waals surface area contributed by atoms with Gasteiger partial charge in [-0.15, -0.1) is 0 Å². The highest BCUT2D eigenvalue weighted by Crippen LogP contribution is 2.39. The third-order valence-corrected chi connectivity index (χ3v) is 4.61. The van der Waals surface area contributed by atoms with Crippen LogP contribution >= 0.6 is 11.6 Å². The molecule has 0 aromatic heterocycles. The van der Waals surface area contributed by atoms with E-state index in [-0.39, 0.29) is 22.8 Å². The second kappa shape index (κ2) is 7.80. The van der Waals surface area contributed by atoms with Crippen LogP contribution in [-0.2, 0) is 9.53 Å². The first-order chi connectivity index (χ1) is 13.0. The van der Waals surface area contributed by atoms with E-state index in [0.717, 1.165) is 0 Å². The van der Waals surface area contributed by atoms with Crippen LogP contribution in [0.3, 0.4) is 0 Å². The van der Waals surface area contributed by atoms with Crippen molar-refractivity contribution in [3.8, 4) is 0 Å². The number of carbonyl (C=O) groups is 2. The second-order valence-electron chi connectivity index (χ2n) is 5.93. The number of carbonyl (C=O) groups excluding carboxylic acids is 2. The second-order valence-corrected chi connectivity index (χ2v) is 6.33. The highest BCUT2D eigenvalue weighted by Gasteiger charge is 2.39. The number of hydrogen-bond donors (Lipinski definition) is 1. The summed E-state index contributed by atoms with van der Waals surface area (Å²) in [6.07, 6.45) is 0. The molecular formula is C20H18ClFN2O3. The van der Waals surface area contributed by atoms with Gasteiger partial charge in [-0.25, -0.2) is 14.0 Å². The van der Waals surface area contributed by atoms with Crippen LogP contribution in [0, 0.1) is 5.82 Å². The van der Waals surface area contributed by atoms with Gasteiger partial charge >= 0.3 is 12.0 Å². The van der Waals surface area contributed by atoms with Gasteiger partial charge in [-0.1, -0.05) is 48.0 Å². The van der Waals surface area contributed by atoms with Crippen molar-refractivity contribution in [1.82, 2.24) is 10.2 Å². The van der Waals surface area contributed by atoms with Crippen LogP contribution < -0.4 is 5.32 Å². The van der Waals surface area contributed by atoms with Gasteiger partial charge in [0.15, 0.2) is 0 Å². The van der Waals surface area contributed by atoms with Gasteiger partial charge in [0.25, 0.3) is 0 Å². The number of hydrogen-bond acceptors (Lipinski definition) is 3. The normalized spacial score (nSPS) is 17.0. The van der Waals surface area contributed by atoms with Gasteiger partial charge in [0.2, 0.25) is 0 Å². The summed E-state index contributed by atoms with van der Waals surface area (Å²) in [5.74, 6) is -1.26. The van der Waals surface area contributed by atoms with E-state index in [0.29, 0.717) is 11.3 Å². The van der Waals surface area contributed by atoms with Crippen molar-refractivity contribution in [2.24, 2.45) is 0 Å². The predicted octanol–water partition coefficient (Wildman–Crippen LogP) is 4.15. The van der Waals surface area contributed by atoms with E-state index < -0.39 is 23.9 Å². The first kappa shape index (κ1) is 18.9. The summed E-state index contributed by atoms with van der Waals surface area (Å²) in [5, 5.41) is 2.77. The summed E-state index contributed by atoms with van der Waals surface area (Å²) in [5.41, 5.74) is 1.13. The van der Waals surface area contributed by atoms with Crippen molar-refractivity contribution < 1.29 is 18.7 Å². The highest BCUT2D eigenvalue weighted by molar-refractivity contribution is 6.31. The van der Waals surface area contributed by atoms with Crippen LogP contribution in [0.4, 0.5) is 9.18 Å². The van der Waals surface area contributed by atoms with Gasteiger partial charge in [0.05, 0.1) is 23.9 Å². The Balaban J connectivity index is 2.30. The number of ether oxygens (including phenoxy) is 1. The molecule has 0 spiro atoms. The topological polar surface area (TPSA) is 58.6 Å². The zero-order chi connectivity index (χ0) is 19.6. The van der Waals surface area contributed by atoms with Crippen molar-refractivity contribution in [3.05, 3.63) is 76.1 Å². The van der Waals surface area contributed by atoms with Gasteiger partial charge in [-0.2, -0.15) is 0 Å². The van der Waals surface area contributed by atoms with Crippen molar-refractivity contribution >= 4 is 29.3 Å². The number of rotatable bonds is 4. The molecule has 1 atom stereocenters. The first-order valence-corrected chi connectivity index (χ1v) is 8.78. The van der Waals surface area contributed by atoms with E-state index in [4.69, 9.17) is 16.3 Å². The van der Waals surface area contributed by atoms with Crippen LogP contribution in [0.25, 0.3) is 5.70 Å². The smallest absolute Gasteiger partial charge is 0.338 e. The molecule has 0 fully saturated rings. The highest BCUT2D eigenvalue weighted by atomic mass is 35.5. The zero-order valence-electron chi connectivity index (χ0n) is 14.8. The molecule has 140 valence electrons. The minimum Gasteiger partial charge on any atom is -0.463 e. The maximum absolute atomic E-state index is 14.6. The van der Waals surface area contributed by atoms with Crippen LogP contribution in [0.2, 0.25) is 5.02 Å². The van der Waals surface area contributed by atoms with E-state index in [9.17, 15) is 14.0 Å². The van der Waals surface area contributed by atoms with Crippen molar-refractivity contribution in [2.45, 2.75) is 13.0 Å². The molecule has 27 heavy (non-hydrogen) atoms. The summed E-state index contributed by atoms with van der Waals surface area (Å²) in [6.45, 7) is 1.82. The molecule has 2 amide bonds. The van der Waals surface area contributed by atoms with Crippen LogP contribution in [0.5, 0.6) is 0 Å². The van der Waals surface area contributed by atoms with Crippen LogP contribution in [0.15, 0.2) is 54.1 Å². The number of amides is 2. The Morgan fingerprint density at radius 2 is 1.93 bits per heavy atom. The molecule has 1 aliphatic rings. The third kappa shape index (κ3) is 3.53. The van der Waals surface area contributed by atoms with E-state index >= 15 is 0 Å². The summed E-state index contributed by atoms with van der Waals surface area (Å²) in [7, 11) is 1.54. The van der Waals surface area contributed by atoms with Crippen molar-refractivity contribution in [2.75, 3.05) is 13.7 Å². The van der Waals surface area contributed by atoms with Crippen molar-refractivity contribution in [3.63, 3.8) is 0 Å². The SMILES string of the molecule is CCOC(=O)C1=C(c2ccccc2)N(C)C(=O)N[C@@H]1c1c(F)cccc1Cl. The number of halogens is 2. The first-order valence-electron chi connectivity index (χ1n) is 8.40. The molecule has 0 radical (unpaired) electrons. The fourth-order valence-electron chi connectivity index (χ4n) is 3.08. The van der Waals surface area contributed by atoms with E-state index in [1.54, 1.807) is 31.2 Å². The van der Waals surface area contributed by atoms with Gasteiger partial charge in [0, 0.05) is 17.6 Å². The molecular weight excluding hydrogens is 371 g/mol. The summed E-state index contributed by atoms with van der Waals surface area (Å²) >= 11 is 6.21. The standard InChI is InChI=1S/C20H18ClFN2O3/c1-3-27-19(25)16-17(15-13(21)10-7-11-14(15)22)23-20(26)24(2)18(16)12-8-5-4-6-9-12/h4-11,17H,3H2,1-2H3,(H,23,26)/t17-/m1/s1. The molecule has 3 rings (SSSR count). The molecule has 1 aliphatic heterocycles. The Labute approximate surface area is 161 Å². The van der Waals surface area contributed by atoms with Crippen LogP contribution in [0.1, 0.15) is 24.1 Å². The fourth-order valence-corrected chi connectivity index (χ4v) is 3.36. The molecule has 0 unspecified atom stereocenters. The molecule has 0 saturated heterocycles. The lowest BCUT2D eigenvalue weighted by atomic mass is 9.91. The maximum atomic E-state index is 14.6. The lowest BCUT2D eigenvalue weighted by molar-refractivity contribution is -0.138. The number of nitrogens with one attached hydrogen (secondary N) is 1. The Bertz CT molecular complexity index is 894. The Morgan fingerprint density at radius 3 is 2.56 bits per heavy atom. The quantitative estimate of drug-likeness (QED) is 0.800. The molecule has 0 bridgehead atoms. The number of nitrogens with zero attached hydrogens (tertiary/aromatic N) is 1. The fraction of sp³-hybridized carbons (Fsp3) is 0.200. The zero-order valence-corrected chi connectivity index (χ0v) is 15.6. The molecule has 2 aromatic carbocycles. The number of esters is 1. The largest absolute Gasteiger partial charge is 0.463 e. The summed E-state index contributed by atoms with van der Waals surface area (Å²) in [6, 6.07) is 11.6. The van der Waals surface area contributed by atoms with E-state index in [1.807, 2.05) is 6.07 Å². The molecule has 1 heterocycles. The molecule has 2 aromatic rings. The molecule has 7 heteroatoms. The number of benzene rings is 2. The predicted molar refractivity (Wildman–Crippen MR) is 100 cm³/mol. The Morgan fingerprint density at radius 1 is 1.22 bits per heavy atom. The Hall–Kier alpha value is -2.86. The van der Waals surface area contributed by atoms with E-state index in [1.165, 1.54) is 30.1 Å². The minimum atomic E-state index is -1.07. The van der Waals surface area contributed by atoms with Gasteiger partial charge < -0.3 is 10.1 Å².